The zero-order chi connectivity index (χ0) is 14.2. The van der Waals surface area contributed by atoms with Gasteiger partial charge in [-0.05, 0) is 37.5 Å². The molecular formula is C16H24N4. The minimum atomic E-state index is 0.210. The van der Waals surface area contributed by atoms with E-state index < -0.39 is 0 Å². The lowest BCUT2D eigenvalue weighted by molar-refractivity contribution is 0.201. The van der Waals surface area contributed by atoms with Crippen LogP contribution in [0.4, 0.5) is 0 Å². The molecule has 0 atom stereocenters. The lowest BCUT2D eigenvalue weighted by Gasteiger charge is -2.38. The highest BCUT2D eigenvalue weighted by Gasteiger charge is 2.36. The van der Waals surface area contributed by atoms with Crippen molar-refractivity contribution in [1.29, 1.82) is 0 Å². The molecule has 2 aromatic heterocycles. The quantitative estimate of drug-likeness (QED) is 0.926. The third-order valence-corrected chi connectivity index (χ3v) is 5.08. The second-order valence-electron chi connectivity index (χ2n) is 6.74. The SMILES string of the molecule is CC(C)C1CCC(C)(c2[nH]ncc2-n2ccnc2)CC1. The van der Waals surface area contributed by atoms with Gasteiger partial charge in [0, 0.05) is 17.8 Å². The molecule has 0 bridgehead atoms. The van der Waals surface area contributed by atoms with Crippen LogP contribution in [-0.4, -0.2) is 19.7 Å². The second-order valence-corrected chi connectivity index (χ2v) is 6.74. The van der Waals surface area contributed by atoms with E-state index >= 15 is 0 Å². The van der Waals surface area contributed by atoms with Crippen molar-refractivity contribution in [3.05, 3.63) is 30.6 Å². The summed E-state index contributed by atoms with van der Waals surface area (Å²) in [6, 6.07) is 0. The Labute approximate surface area is 120 Å². The van der Waals surface area contributed by atoms with Crippen LogP contribution < -0.4 is 0 Å². The fourth-order valence-corrected chi connectivity index (χ4v) is 3.52. The van der Waals surface area contributed by atoms with Gasteiger partial charge in [-0.3, -0.25) is 5.10 Å². The standard InChI is InChI=1S/C16H24N4/c1-12(2)13-4-6-16(3,7-5-13)15-14(10-18-19-15)20-9-8-17-11-20/h8-13H,4-7H2,1-3H3,(H,18,19). The van der Waals surface area contributed by atoms with E-state index in [2.05, 4.69) is 40.5 Å². The lowest BCUT2D eigenvalue weighted by atomic mass is 9.67. The van der Waals surface area contributed by atoms with Crippen molar-refractivity contribution in [2.45, 2.75) is 51.9 Å². The predicted octanol–water partition coefficient (Wildman–Crippen LogP) is 3.70. The minimum Gasteiger partial charge on any atom is -0.303 e. The molecule has 0 spiro atoms. The fraction of sp³-hybridized carbons (Fsp3) is 0.625. The average Bonchev–Trinajstić information content (AvgIpc) is 3.10. The van der Waals surface area contributed by atoms with Crippen molar-refractivity contribution in [1.82, 2.24) is 19.7 Å². The number of hydrogen-bond donors (Lipinski definition) is 1. The van der Waals surface area contributed by atoms with Crippen molar-refractivity contribution < 1.29 is 0 Å². The summed E-state index contributed by atoms with van der Waals surface area (Å²) < 4.78 is 2.05. The van der Waals surface area contributed by atoms with Crippen molar-refractivity contribution in [2.75, 3.05) is 0 Å². The second kappa shape index (κ2) is 5.08. The summed E-state index contributed by atoms with van der Waals surface area (Å²) in [5, 5.41) is 7.53. The number of rotatable bonds is 3. The van der Waals surface area contributed by atoms with E-state index in [0.29, 0.717) is 0 Å². The predicted molar refractivity (Wildman–Crippen MR) is 79.9 cm³/mol. The summed E-state index contributed by atoms with van der Waals surface area (Å²) in [5.41, 5.74) is 2.62. The van der Waals surface area contributed by atoms with Gasteiger partial charge in [-0.25, -0.2) is 4.98 Å². The van der Waals surface area contributed by atoms with Gasteiger partial charge in [-0.15, -0.1) is 0 Å². The Balaban J connectivity index is 1.85. The molecule has 108 valence electrons. The van der Waals surface area contributed by atoms with E-state index in [9.17, 15) is 0 Å². The summed E-state index contributed by atoms with van der Waals surface area (Å²) in [7, 11) is 0. The van der Waals surface area contributed by atoms with Gasteiger partial charge in [-0.1, -0.05) is 20.8 Å². The van der Waals surface area contributed by atoms with Crippen LogP contribution in [0, 0.1) is 11.8 Å². The summed E-state index contributed by atoms with van der Waals surface area (Å²) in [4.78, 5) is 4.14. The summed E-state index contributed by atoms with van der Waals surface area (Å²) in [6.07, 6.45) is 12.7. The zero-order valence-corrected chi connectivity index (χ0v) is 12.6. The molecule has 2 aromatic rings. The molecule has 4 nitrogen and oxygen atoms in total. The van der Waals surface area contributed by atoms with Gasteiger partial charge in [-0.2, -0.15) is 5.10 Å². The number of H-pyrrole nitrogens is 1. The number of hydrogen-bond acceptors (Lipinski definition) is 2. The van der Waals surface area contributed by atoms with E-state index in [1.54, 1.807) is 0 Å². The topological polar surface area (TPSA) is 46.5 Å². The third kappa shape index (κ3) is 2.28. The lowest BCUT2D eigenvalue weighted by Crippen LogP contribution is -2.31. The first-order chi connectivity index (χ1) is 9.60. The molecule has 0 unspecified atom stereocenters. The summed E-state index contributed by atoms with van der Waals surface area (Å²) in [5.74, 6) is 1.68. The molecule has 1 N–H and O–H groups in total. The van der Waals surface area contributed by atoms with Crippen LogP contribution in [0.1, 0.15) is 52.1 Å². The number of nitrogens with one attached hydrogen (secondary N) is 1. The van der Waals surface area contributed by atoms with Crippen molar-refractivity contribution in [3.8, 4) is 5.69 Å². The zero-order valence-electron chi connectivity index (χ0n) is 12.6. The van der Waals surface area contributed by atoms with Gasteiger partial charge >= 0.3 is 0 Å². The average molecular weight is 272 g/mol. The van der Waals surface area contributed by atoms with E-state index in [4.69, 9.17) is 0 Å². The molecule has 1 aliphatic rings. The number of aromatic nitrogens is 4. The largest absolute Gasteiger partial charge is 0.303 e. The third-order valence-electron chi connectivity index (χ3n) is 5.08. The minimum absolute atomic E-state index is 0.210. The number of aromatic amines is 1. The Bertz CT molecular complexity index is 545. The normalized spacial score (nSPS) is 27.1. The van der Waals surface area contributed by atoms with E-state index in [1.807, 2.05) is 24.9 Å². The monoisotopic (exact) mass is 272 g/mol. The maximum Gasteiger partial charge on any atom is 0.0992 e. The fourth-order valence-electron chi connectivity index (χ4n) is 3.52. The number of nitrogens with zero attached hydrogens (tertiary/aromatic N) is 3. The van der Waals surface area contributed by atoms with Crippen molar-refractivity contribution in [2.24, 2.45) is 11.8 Å². The van der Waals surface area contributed by atoms with Crippen molar-refractivity contribution >= 4 is 0 Å². The van der Waals surface area contributed by atoms with Crippen LogP contribution >= 0.6 is 0 Å². The van der Waals surface area contributed by atoms with Gasteiger partial charge in [0.15, 0.2) is 0 Å². The highest BCUT2D eigenvalue weighted by atomic mass is 15.2. The molecule has 0 aromatic carbocycles. The maximum atomic E-state index is 4.28. The van der Waals surface area contributed by atoms with Gasteiger partial charge < -0.3 is 4.57 Å². The smallest absolute Gasteiger partial charge is 0.0992 e. The molecule has 0 saturated heterocycles. The molecule has 1 fully saturated rings. The molecule has 0 aliphatic heterocycles. The summed E-state index contributed by atoms with van der Waals surface area (Å²) in [6.45, 7) is 7.07. The maximum absolute atomic E-state index is 4.28. The molecule has 20 heavy (non-hydrogen) atoms. The number of imidazole rings is 1. The van der Waals surface area contributed by atoms with Crippen LogP contribution in [0.5, 0.6) is 0 Å². The molecule has 3 rings (SSSR count). The van der Waals surface area contributed by atoms with Crippen LogP contribution in [0.15, 0.2) is 24.9 Å². The molecule has 1 aliphatic carbocycles. The van der Waals surface area contributed by atoms with E-state index in [-0.39, 0.29) is 5.41 Å². The molecule has 2 heterocycles. The van der Waals surface area contributed by atoms with Crippen LogP contribution in [-0.2, 0) is 5.41 Å². The van der Waals surface area contributed by atoms with Crippen LogP contribution in [0.25, 0.3) is 5.69 Å². The molecule has 4 heteroatoms. The Hall–Kier alpha value is -1.58. The Morgan fingerprint density at radius 1 is 1.35 bits per heavy atom. The highest BCUT2D eigenvalue weighted by Crippen LogP contribution is 2.44. The molecule has 1 saturated carbocycles. The first-order valence-electron chi connectivity index (χ1n) is 7.62. The first kappa shape index (κ1) is 13.4. The molecule has 0 radical (unpaired) electrons. The molecule has 0 amide bonds. The van der Waals surface area contributed by atoms with Gasteiger partial charge in [0.25, 0.3) is 0 Å². The van der Waals surface area contributed by atoms with Gasteiger partial charge in [0.2, 0.25) is 0 Å². The van der Waals surface area contributed by atoms with Gasteiger partial charge in [0.05, 0.1) is 23.9 Å². The van der Waals surface area contributed by atoms with E-state index in [1.165, 1.54) is 31.4 Å². The summed E-state index contributed by atoms with van der Waals surface area (Å²) >= 11 is 0. The Morgan fingerprint density at radius 2 is 2.10 bits per heavy atom. The Kier molecular flexibility index (Phi) is 3.40. The van der Waals surface area contributed by atoms with E-state index in [0.717, 1.165) is 17.5 Å². The molecular weight excluding hydrogens is 248 g/mol. The van der Waals surface area contributed by atoms with Crippen molar-refractivity contribution in [3.63, 3.8) is 0 Å². The first-order valence-corrected chi connectivity index (χ1v) is 7.62. The van der Waals surface area contributed by atoms with Crippen LogP contribution in [0.3, 0.4) is 0 Å². The van der Waals surface area contributed by atoms with Crippen LogP contribution in [0.2, 0.25) is 0 Å². The Morgan fingerprint density at radius 3 is 2.70 bits per heavy atom. The van der Waals surface area contributed by atoms with Gasteiger partial charge in [0.1, 0.15) is 0 Å². The highest BCUT2D eigenvalue weighted by molar-refractivity contribution is 5.39.